The molecule has 114 valence electrons. The molecular weight excluding hydrogens is 264 g/mol. The topological polar surface area (TPSA) is 171 Å². The molecule has 0 amide bonds. The van der Waals surface area contributed by atoms with Crippen molar-refractivity contribution in [1.82, 2.24) is 0 Å². The first-order chi connectivity index (χ1) is 8.84. The zero-order chi connectivity index (χ0) is 14.7. The van der Waals surface area contributed by atoms with E-state index in [0.717, 1.165) is 0 Å². The highest BCUT2D eigenvalue weighted by Crippen LogP contribution is 2.25. The molecular formula is C10H20O9. The second-order valence-corrected chi connectivity index (χ2v) is 4.52. The summed E-state index contributed by atoms with van der Waals surface area (Å²) in [5.41, 5.74) is 0. The lowest BCUT2D eigenvalue weighted by Crippen LogP contribution is -2.52. The summed E-state index contributed by atoms with van der Waals surface area (Å²) in [7, 11) is 0. The maximum atomic E-state index is 9.75. The van der Waals surface area contributed by atoms with Crippen LogP contribution in [0.1, 0.15) is 0 Å². The van der Waals surface area contributed by atoms with Crippen LogP contribution in [0, 0.1) is 0 Å². The second-order valence-electron chi connectivity index (χ2n) is 4.52. The molecule has 1 fully saturated rings. The minimum absolute atomic E-state index is 0.598. The van der Waals surface area contributed by atoms with E-state index < -0.39 is 62.0 Å². The number of rotatable bonds is 6. The molecule has 1 rings (SSSR count). The SMILES string of the molecule is OCC(O)C(O)C(O)C(O)C1O[C@H](CO)[C@@H](O)[C@H]1O. The van der Waals surface area contributed by atoms with Crippen molar-refractivity contribution in [2.24, 2.45) is 0 Å². The minimum Gasteiger partial charge on any atom is -0.394 e. The molecule has 1 aliphatic rings. The lowest BCUT2D eigenvalue weighted by atomic mass is 9.95. The molecule has 0 aromatic heterocycles. The second kappa shape index (κ2) is 6.88. The number of hydrogen-bond acceptors (Lipinski definition) is 9. The van der Waals surface area contributed by atoms with E-state index in [-0.39, 0.29) is 0 Å². The summed E-state index contributed by atoms with van der Waals surface area (Å²) in [6.45, 7) is -1.43. The van der Waals surface area contributed by atoms with E-state index in [9.17, 15) is 25.5 Å². The lowest BCUT2D eigenvalue weighted by molar-refractivity contribution is -0.160. The molecule has 1 heterocycles. The molecule has 0 aromatic carbocycles. The van der Waals surface area contributed by atoms with E-state index in [2.05, 4.69) is 0 Å². The zero-order valence-electron chi connectivity index (χ0n) is 10.0. The van der Waals surface area contributed by atoms with Gasteiger partial charge in [-0.3, -0.25) is 0 Å². The Bertz CT molecular complexity index is 276. The van der Waals surface area contributed by atoms with E-state index in [4.69, 9.17) is 20.1 Å². The number of ether oxygens (including phenoxy) is 1. The maximum Gasteiger partial charge on any atom is 0.115 e. The highest BCUT2D eigenvalue weighted by atomic mass is 16.6. The summed E-state index contributed by atoms with van der Waals surface area (Å²) >= 11 is 0. The van der Waals surface area contributed by atoms with Crippen LogP contribution >= 0.6 is 0 Å². The Balaban J connectivity index is 2.69. The van der Waals surface area contributed by atoms with Gasteiger partial charge in [0.25, 0.3) is 0 Å². The van der Waals surface area contributed by atoms with E-state index in [1.807, 2.05) is 0 Å². The molecule has 0 bridgehead atoms. The summed E-state index contributed by atoms with van der Waals surface area (Å²) in [5, 5.41) is 74.5. The first kappa shape index (κ1) is 16.7. The smallest absolute Gasteiger partial charge is 0.115 e. The average molecular weight is 284 g/mol. The van der Waals surface area contributed by atoms with Crippen LogP contribution in [-0.2, 0) is 4.74 Å². The van der Waals surface area contributed by atoms with Crippen LogP contribution in [-0.4, -0.2) is 103 Å². The first-order valence-electron chi connectivity index (χ1n) is 5.80. The molecule has 9 nitrogen and oxygen atoms in total. The van der Waals surface area contributed by atoms with Gasteiger partial charge in [0.2, 0.25) is 0 Å². The van der Waals surface area contributed by atoms with Crippen molar-refractivity contribution in [3.8, 4) is 0 Å². The quantitative estimate of drug-likeness (QED) is 0.237. The van der Waals surface area contributed by atoms with Crippen molar-refractivity contribution in [3.63, 3.8) is 0 Å². The fraction of sp³-hybridized carbons (Fsp3) is 1.00. The van der Waals surface area contributed by atoms with Crippen molar-refractivity contribution in [2.75, 3.05) is 13.2 Å². The number of hydrogen-bond donors (Lipinski definition) is 8. The van der Waals surface area contributed by atoms with Gasteiger partial charge >= 0.3 is 0 Å². The molecule has 0 saturated carbocycles. The van der Waals surface area contributed by atoms with Gasteiger partial charge in [-0.05, 0) is 0 Å². The number of aliphatic hydroxyl groups is 8. The van der Waals surface area contributed by atoms with Crippen LogP contribution in [0.3, 0.4) is 0 Å². The van der Waals surface area contributed by atoms with Gasteiger partial charge in [-0.2, -0.15) is 0 Å². The van der Waals surface area contributed by atoms with Crippen molar-refractivity contribution >= 4 is 0 Å². The fourth-order valence-electron chi connectivity index (χ4n) is 1.94. The Kier molecular flexibility index (Phi) is 6.05. The third-order valence-electron chi connectivity index (χ3n) is 3.20. The molecule has 1 aliphatic heterocycles. The predicted octanol–water partition coefficient (Wildman–Crippen LogP) is -5.10. The minimum atomic E-state index is -1.91. The molecule has 1 saturated heterocycles. The molecule has 8 N–H and O–H groups in total. The Morgan fingerprint density at radius 2 is 1.47 bits per heavy atom. The highest BCUT2D eigenvalue weighted by Gasteiger charge is 2.48. The first-order valence-corrected chi connectivity index (χ1v) is 5.80. The third kappa shape index (κ3) is 3.40. The monoisotopic (exact) mass is 284 g/mol. The number of aliphatic hydroxyl groups excluding tert-OH is 8. The van der Waals surface area contributed by atoms with Crippen LogP contribution in [0.25, 0.3) is 0 Å². The Morgan fingerprint density at radius 3 is 1.89 bits per heavy atom. The van der Waals surface area contributed by atoms with Crippen molar-refractivity contribution in [2.45, 2.75) is 48.8 Å². The summed E-state index contributed by atoms with van der Waals surface area (Å²) in [6, 6.07) is 0. The van der Waals surface area contributed by atoms with Gasteiger partial charge < -0.3 is 45.6 Å². The van der Waals surface area contributed by atoms with E-state index in [1.165, 1.54) is 0 Å². The maximum absolute atomic E-state index is 9.75. The van der Waals surface area contributed by atoms with Gasteiger partial charge in [0.1, 0.15) is 48.8 Å². The molecule has 19 heavy (non-hydrogen) atoms. The van der Waals surface area contributed by atoms with Crippen LogP contribution in [0.4, 0.5) is 0 Å². The lowest BCUT2D eigenvalue weighted by Gasteiger charge is -2.30. The fourth-order valence-corrected chi connectivity index (χ4v) is 1.94. The van der Waals surface area contributed by atoms with Crippen LogP contribution in [0.15, 0.2) is 0 Å². The van der Waals surface area contributed by atoms with Crippen molar-refractivity contribution in [1.29, 1.82) is 0 Å². The Morgan fingerprint density at radius 1 is 0.895 bits per heavy atom. The molecule has 0 aliphatic carbocycles. The third-order valence-corrected chi connectivity index (χ3v) is 3.20. The van der Waals surface area contributed by atoms with Crippen LogP contribution in [0.2, 0.25) is 0 Å². The highest BCUT2D eigenvalue weighted by molar-refractivity contribution is 4.97. The van der Waals surface area contributed by atoms with Gasteiger partial charge in [0.05, 0.1) is 13.2 Å². The summed E-state index contributed by atoms with van der Waals surface area (Å²) in [5.74, 6) is 0. The molecule has 0 radical (unpaired) electrons. The van der Waals surface area contributed by atoms with Crippen LogP contribution < -0.4 is 0 Å². The Labute approximate surface area is 108 Å². The average Bonchev–Trinajstić information content (AvgIpc) is 2.71. The van der Waals surface area contributed by atoms with E-state index >= 15 is 0 Å². The zero-order valence-corrected chi connectivity index (χ0v) is 10.0. The summed E-state index contributed by atoms with van der Waals surface area (Å²) in [4.78, 5) is 0. The standard InChI is InChI=1S/C10H20O9/c11-1-3(13)5(14)7(16)9(18)10-8(17)6(15)4(2-12)19-10/h3-18H,1-2H2/t3?,4-,5?,6-,7?,8-,9?,10?/m1/s1. The largest absolute Gasteiger partial charge is 0.394 e. The van der Waals surface area contributed by atoms with Crippen molar-refractivity contribution < 1.29 is 45.6 Å². The summed E-state index contributed by atoms with van der Waals surface area (Å²) < 4.78 is 4.97. The van der Waals surface area contributed by atoms with Gasteiger partial charge in [-0.25, -0.2) is 0 Å². The normalized spacial score (nSPS) is 37.9. The van der Waals surface area contributed by atoms with Gasteiger partial charge in [0.15, 0.2) is 0 Å². The van der Waals surface area contributed by atoms with E-state index in [0.29, 0.717) is 0 Å². The predicted molar refractivity (Wildman–Crippen MR) is 58.9 cm³/mol. The molecule has 9 heteroatoms. The molecule has 5 unspecified atom stereocenters. The van der Waals surface area contributed by atoms with Crippen molar-refractivity contribution in [3.05, 3.63) is 0 Å². The van der Waals surface area contributed by atoms with Gasteiger partial charge in [-0.15, -0.1) is 0 Å². The molecule has 0 spiro atoms. The van der Waals surface area contributed by atoms with E-state index in [1.54, 1.807) is 0 Å². The molecule has 8 atom stereocenters. The van der Waals surface area contributed by atoms with Gasteiger partial charge in [0, 0.05) is 0 Å². The van der Waals surface area contributed by atoms with Gasteiger partial charge in [-0.1, -0.05) is 0 Å². The van der Waals surface area contributed by atoms with Crippen LogP contribution in [0.5, 0.6) is 0 Å². The molecule has 0 aromatic rings. The Hall–Kier alpha value is -0.360. The summed E-state index contributed by atoms with van der Waals surface area (Å²) in [6.07, 6.45) is -12.9.